The molecule has 1 N–H and O–H groups in total. The van der Waals surface area contributed by atoms with Crippen molar-refractivity contribution < 1.29 is 4.79 Å². The van der Waals surface area contributed by atoms with Gasteiger partial charge in [-0.05, 0) is 23.8 Å². The lowest BCUT2D eigenvalue weighted by Gasteiger charge is -2.05. The molecule has 1 heterocycles. The number of carbonyl (C=O) groups excluding carboxylic acids is 1. The lowest BCUT2D eigenvalue weighted by molar-refractivity contribution is 0.565. The number of nitrogens with one attached hydrogen (secondary N) is 1. The van der Waals surface area contributed by atoms with Gasteiger partial charge in [0.05, 0.1) is 16.8 Å². The fraction of sp³-hybridized carbons (Fsp3) is 0.0625. The van der Waals surface area contributed by atoms with E-state index in [0.29, 0.717) is 17.5 Å². The second-order valence-corrected chi connectivity index (χ2v) is 4.59. The number of nitrogens with zero attached hydrogens (tertiary/aromatic N) is 2. The maximum atomic E-state index is 11.7. The normalized spacial score (nSPS) is 10.3. The number of benzene rings is 2. The molecule has 21 heavy (non-hydrogen) atoms. The van der Waals surface area contributed by atoms with Crippen LogP contribution in [0.15, 0.2) is 58.3 Å². The van der Waals surface area contributed by atoms with E-state index in [1.54, 1.807) is 18.2 Å². The molecule has 3 aromatic rings. The Bertz CT molecular complexity index is 909. The van der Waals surface area contributed by atoms with Crippen LogP contribution in [0.5, 0.6) is 0 Å². The Morgan fingerprint density at radius 2 is 1.90 bits per heavy atom. The summed E-state index contributed by atoms with van der Waals surface area (Å²) in [5, 5.41) is 8.08. The monoisotopic (exact) mass is 277 g/mol. The topological polar surface area (TPSA) is 75.2 Å². The SMILES string of the molecule is O=C=Nc1cccc(Cc2n[nH]c(=O)c3ccccc23)c1. The molecule has 0 spiro atoms. The highest BCUT2D eigenvalue weighted by Crippen LogP contribution is 2.19. The molecule has 5 heteroatoms. The van der Waals surface area contributed by atoms with Crippen molar-refractivity contribution in [2.24, 2.45) is 4.99 Å². The Hall–Kier alpha value is -3.04. The van der Waals surface area contributed by atoms with Crippen LogP contribution in [0.25, 0.3) is 10.8 Å². The lowest BCUT2D eigenvalue weighted by atomic mass is 10.0. The molecule has 3 rings (SSSR count). The van der Waals surface area contributed by atoms with E-state index in [0.717, 1.165) is 16.6 Å². The molecular formula is C16H11N3O2. The van der Waals surface area contributed by atoms with Gasteiger partial charge in [-0.1, -0.05) is 30.3 Å². The van der Waals surface area contributed by atoms with E-state index in [2.05, 4.69) is 15.2 Å². The van der Waals surface area contributed by atoms with Gasteiger partial charge in [-0.3, -0.25) is 4.79 Å². The molecule has 0 saturated heterocycles. The van der Waals surface area contributed by atoms with Crippen LogP contribution in [0, 0.1) is 0 Å². The van der Waals surface area contributed by atoms with Crippen molar-refractivity contribution in [1.29, 1.82) is 0 Å². The van der Waals surface area contributed by atoms with Crippen molar-refractivity contribution in [2.75, 3.05) is 0 Å². The predicted molar refractivity (Wildman–Crippen MR) is 79.4 cm³/mol. The second-order valence-electron chi connectivity index (χ2n) is 4.59. The van der Waals surface area contributed by atoms with Crippen LogP contribution < -0.4 is 5.56 Å². The van der Waals surface area contributed by atoms with E-state index >= 15 is 0 Å². The Kier molecular flexibility index (Phi) is 3.41. The first-order valence-electron chi connectivity index (χ1n) is 6.41. The Morgan fingerprint density at radius 1 is 1.10 bits per heavy atom. The molecule has 2 aromatic carbocycles. The number of aromatic amines is 1. The van der Waals surface area contributed by atoms with Crippen LogP contribution in [0.4, 0.5) is 5.69 Å². The van der Waals surface area contributed by atoms with Crippen LogP contribution in [-0.4, -0.2) is 16.3 Å². The number of aliphatic imine (C=N–C) groups is 1. The fourth-order valence-corrected chi connectivity index (χ4v) is 2.29. The molecule has 0 bridgehead atoms. The summed E-state index contributed by atoms with van der Waals surface area (Å²) < 4.78 is 0. The van der Waals surface area contributed by atoms with Crippen molar-refractivity contribution in [3.8, 4) is 0 Å². The number of hydrogen-bond donors (Lipinski definition) is 1. The molecule has 0 aliphatic rings. The minimum atomic E-state index is -0.200. The van der Waals surface area contributed by atoms with Gasteiger partial charge in [0.2, 0.25) is 6.08 Å². The first kappa shape index (κ1) is 13.0. The minimum absolute atomic E-state index is 0.200. The van der Waals surface area contributed by atoms with E-state index in [1.807, 2.05) is 30.3 Å². The Balaban J connectivity index is 2.06. The van der Waals surface area contributed by atoms with Gasteiger partial charge in [-0.25, -0.2) is 9.89 Å². The summed E-state index contributed by atoms with van der Waals surface area (Å²) in [5.74, 6) is 0. The lowest BCUT2D eigenvalue weighted by Crippen LogP contribution is -2.11. The van der Waals surface area contributed by atoms with Crippen LogP contribution in [-0.2, 0) is 11.2 Å². The Labute approximate surface area is 120 Å². The van der Waals surface area contributed by atoms with E-state index in [1.165, 1.54) is 6.08 Å². The fourth-order valence-electron chi connectivity index (χ4n) is 2.29. The van der Waals surface area contributed by atoms with Crippen LogP contribution in [0.1, 0.15) is 11.3 Å². The molecule has 0 atom stereocenters. The quantitative estimate of drug-likeness (QED) is 0.590. The van der Waals surface area contributed by atoms with Crippen molar-refractivity contribution in [3.05, 3.63) is 70.1 Å². The van der Waals surface area contributed by atoms with E-state index in [9.17, 15) is 9.59 Å². The average molecular weight is 277 g/mol. The summed E-state index contributed by atoms with van der Waals surface area (Å²) in [6.07, 6.45) is 2.07. The molecule has 0 unspecified atom stereocenters. The van der Waals surface area contributed by atoms with Crippen molar-refractivity contribution in [1.82, 2.24) is 10.2 Å². The Morgan fingerprint density at radius 3 is 2.71 bits per heavy atom. The van der Waals surface area contributed by atoms with Crippen LogP contribution in [0.3, 0.4) is 0 Å². The predicted octanol–water partition coefficient (Wildman–Crippen LogP) is 2.48. The highest BCUT2D eigenvalue weighted by molar-refractivity contribution is 5.83. The molecule has 0 aliphatic heterocycles. The highest BCUT2D eigenvalue weighted by Gasteiger charge is 2.07. The number of fused-ring (bicyclic) bond motifs is 1. The first-order chi connectivity index (χ1) is 10.3. The maximum Gasteiger partial charge on any atom is 0.272 e. The number of isocyanates is 1. The molecule has 0 saturated carbocycles. The first-order valence-corrected chi connectivity index (χ1v) is 6.41. The molecule has 0 aliphatic carbocycles. The third kappa shape index (κ3) is 2.63. The van der Waals surface area contributed by atoms with Gasteiger partial charge < -0.3 is 0 Å². The van der Waals surface area contributed by atoms with Crippen molar-refractivity contribution in [3.63, 3.8) is 0 Å². The van der Waals surface area contributed by atoms with Crippen LogP contribution in [0.2, 0.25) is 0 Å². The highest BCUT2D eigenvalue weighted by atomic mass is 16.1. The third-order valence-corrected chi connectivity index (χ3v) is 3.23. The number of rotatable bonds is 3. The van der Waals surface area contributed by atoms with Gasteiger partial charge in [-0.2, -0.15) is 10.1 Å². The average Bonchev–Trinajstić information content (AvgIpc) is 2.51. The summed E-state index contributed by atoms with van der Waals surface area (Å²) >= 11 is 0. The van der Waals surface area contributed by atoms with E-state index < -0.39 is 0 Å². The molecule has 1 aromatic heterocycles. The molecule has 0 radical (unpaired) electrons. The van der Waals surface area contributed by atoms with Gasteiger partial charge in [0.15, 0.2) is 0 Å². The molecule has 102 valence electrons. The minimum Gasteiger partial charge on any atom is -0.267 e. The van der Waals surface area contributed by atoms with E-state index in [4.69, 9.17) is 0 Å². The largest absolute Gasteiger partial charge is 0.272 e. The van der Waals surface area contributed by atoms with Crippen LogP contribution >= 0.6 is 0 Å². The number of H-pyrrole nitrogens is 1. The summed E-state index contributed by atoms with van der Waals surface area (Å²) in [7, 11) is 0. The zero-order chi connectivity index (χ0) is 14.7. The van der Waals surface area contributed by atoms with Crippen molar-refractivity contribution >= 4 is 22.5 Å². The van der Waals surface area contributed by atoms with Gasteiger partial charge >= 0.3 is 0 Å². The second kappa shape index (κ2) is 5.53. The van der Waals surface area contributed by atoms with E-state index in [-0.39, 0.29) is 5.56 Å². The summed E-state index contributed by atoms with van der Waals surface area (Å²) in [5.41, 5.74) is 2.08. The smallest absolute Gasteiger partial charge is 0.267 e. The number of hydrogen-bond acceptors (Lipinski definition) is 4. The van der Waals surface area contributed by atoms with Gasteiger partial charge in [0.25, 0.3) is 5.56 Å². The molecular weight excluding hydrogens is 266 g/mol. The third-order valence-electron chi connectivity index (χ3n) is 3.23. The molecule has 0 fully saturated rings. The molecule has 0 amide bonds. The number of aromatic nitrogens is 2. The zero-order valence-electron chi connectivity index (χ0n) is 11.0. The standard InChI is InChI=1S/C16H11N3O2/c20-10-17-12-5-3-4-11(8-12)9-15-13-6-1-2-7-14(13)16(21)19-18-15/h1-8H,9H2,(H,19,21). The zero-order valence-corrected chi connectivity index (χ0v) is 11.0. The van der Waals surface area contributed by atoms with Gasteiger partial charge in [0, 0.05) is 11.8 Å². The summed E-state index contributed by atoms with van der Waals surface area (Å²) in [4.78, 5) is 25.7. The van der Waals surface area contributed by atoms with Gasteiger partial charge in [0.1, 0.15) is 0 Å². The van der Waals surface area contributed by atoms with Gasteiger partial charge in [-0.15, -0.1) is 0 Å². The summed E-state index contributed by atoms with van der Waals surface area (Å²) in [6.45, 7) is 0. The summed E-state index contributed by atoms with van der Waals surface area (Å²) in [6, 6.07) is 14.6. The maximum absolute atomic E-state index is 11.7. The molecule has 5 nitrogen and oxygen atoms in total. The van der Waals surface area contributed by atoms with Crippen molar-refractivity contribution in [2.45, 2.75) is 6.42 Å².